The van der Waals surface area contributed by atoms with Crippen molar-refractivity contribution in [1.29, 1.82) is 0 Å². The number of hydrogen-bond donors (Lipinski definition) is 2. The summed E-state index contributed by atoms with van der Waals surface area (Å²) < 4.78 is 0. The van der Waals surface area contributed by atoms with Crippen molar-refractivity contribution < 1.29 is 9.59 Å². The van der Waals surface area contributed by atoms with E-state index in [4.69, 9.17) is 11.5 Å². The zero-order valence-electron chi connectivity index (χ0n) is 13.2. The number of fused-ring (bicyclic) bond motifs is 1. The van der Waals surface area contributed by atoms with Crippen molar-refractivity contribution in [3.63, 3.8) is 0 Å². The number of primary amides is 1. The minimum atomic E-state index is -0.519. The molecule has 0 unspecified atom stereocenters. The van der Waals surface area contributed by atoms with Crippen molar-refractivity contribution in [2.45, 2.75) is 31.8 Å². The first-order valence-corrected chi connectivity index (χ1v) is 8.75. The fraction of sp³-hybridized carbons (Fsp3) is 0.353. The second kappa shape index (κ2) is 5.04. The first-order chi connectivity index (χ1) is 11.4. The number of carbonyl (C=O) groups excluding carboxylic acids is 2. The van der Waals surface area contributed by atoms with Crippen LogP contribution in [0.3, 0.4) is 0 Å². The van der Waals surface area contributed by atoms with Gasteiger partial charge in [0.1, 0.15) is 0 Å². The number of hydrogen-bond acceptors (Lipinski definition) is 5. The second-order valence-electron chi connectivity index (χ2n) is 6.62. The maximum absolute atomic E-state index is 13.2. The molecule has 0 spiro atoms. The normalized spacial score (nSPS) is 27.8. The average Bonchev–Trinajstić information content (AvgIpc) is 2.96. The Morgan fingerprint density at radius 1 is 1.33 bits per heavy atom. The van der Waals surface area contributed by atoms with Crippen molar-refractivity contribution >= 4 is 28.3 Å². The van der Waals surface area contributed by atoms with Crippen molar-refractivity contribution in [1.82, 2.24) is 9.88 Å². The van der Waals surface area contributed by atoms with E-state index in [9.17, 15) is 9.59 Å². The fourth-order valence-corrected chi connectivity index (χ4v) is 4.52. The zero-order chi connectivity index (χ0) is 17.1. The van der Waals surface area contributed by atoms with Crippen molar-refractivity contribution in [3.05, 3.63) is 35.2 Å². The van der Waals surface area contributed by atoms with Gasteiger partial charge in [-0.1, -0.05) is 18.2 Å². The van der Waals surface area contributed by atoms with Crippen LogP contribution in [0.2, 0.25) is 0 Å². The number of rotatable bonds is 3. The highest BCUT2D eigenvalue weighted by molar-refractivity contribution is 7.13. The Kier molecular flexibility index (Phi) is 3.18. The van der Waals surface area contributed by atoms with Gasteiger partial charge in [0.05, 0.1) is 11.1 Å². The smallest absolute Gasteiger partial charge is 0.255 e. The molecule has 1 aliphatic carbocycles. The number of carbonyl (C=O) groups is 2. The van der Waals surface area contributed by atoms with Gasteiger partial charge in [0.15, 0.2) is 5.13 Å². The van der Waals surface area contributed by atoms with E-state index in [1.54, 1.807) is 6.07 Å². The molecule has 124 valence electrons. The van der Waals surface area contributed by atoms with Gasteiger partial charge in [0.2, 0.25) is 5.91 Å². The first-order valence-electron chi connectivity index (χ1n) is 7.87. The molecule has 0 radical (unpaired) electrons. The largest absolute Gasteiger partial charge is 0.375 e. The van der Waals surface area contributed by atoms with Gasteiger partial charge in [-0.2, -0.15) is 0 Å². The molecule has 2 heterocycles. The number of thiazole rings is 1. The molecule has 1 saturated heterocycles. The molecule has 1 aromatic carbocycles. The minimum Gasteiger partial charge on any atom is -0.375 e. The van der Waals surface area contributed by atoms with Crippen LogP contribution in [-0.4, -0.2) is 33.8 Å². The van der Waals surface area contributed by atoms with Crippen LogP contribution in [0.5, 0.6) is 0 Å². The van der Waals surface area contributed by atoms with Gasteiger partial charge in [-0.3, -0.25) is 9.59 Å². The highest BCUT2D eigenvalue weighted by Crippen LogP contribution is 2.59. The number of amides is 2. The van der Waals surface area contributed by atoms with Crippen LogP contribution in [0.1, 0.15) is 30.1 Å². The molecular weight excluding hydrogens is 324 g/mol. The summed E-state index contributed by atoms with van der Waals surface area (Å²) in [4.78, 5) is 31.1. The Hall–Kier alpha value is -2.41. The van der Waals surface area contributed by atoms with Gasteiger partial charge in [-0.15, -0.1) is 11.3 Å². The molecule has 2 amide bonds. The summed E-state index contributed by atoms with van der Waals surface area (Å²) in [6, 6.07) is 7.30. The number of aromatic nitrogens is 1. The monoisotopic (exact) mass is 342 g/mol. The Morgan fingerprint density at radius 3 is 2.71 bits per heavy atom. The number of anilines is 1. The van der Waals surface area contributed by atoms with Crippen LogP contribution in [0.4, 0.5) is 5.13 Å². The third-order valence-corrected chi connectivity index (χ3v) is 5.86. The highest BCUT2D eigenvalue weighted by Gasteiger charge is 2.68. The predicted octanol–water partition coefficient (Wildman–Crippen LogP) is 1.87. The van der Waals surface area contributed by atoms with Crippen LogP contribution >= 0.6 is 11.3 Å². The lowest BCUT2D eigenvalue weighted by Gasteiger charge is -2.25. The van der Waals surface area contributed by atoms with E-state index >= 15 is 0 Å². The molecule has 2 aromatic rings. The summed E-state index contributed by atoms with van der Waals surface area (Å²) in [5, 5.41) is 2.32. The van der Waals surface area contributed by atoms with Crippen molar-refractivity contribution in [3.8, 4) is 11.3 Å². The lowest BCUT2D eigenvalue weighted by molar-refractivity contribution is -0.123. The van der Waals surface area contributed by atoms with Crippen LogP contribution in [0.25, 0.3) is 11.3 Å². The van der Waals surface area contributed by atoms with Crippen LogP contribution in [-0.2, 0) is 4.79 Å². The van der Waals surface area contributed by atoms with E-state index in [-0.39, 0.29) is 23.9 Å². The molecule has 1 aliphatic heterocycles. The summed E-state index contributed by atoms with van der Waals surface area (Å²) in [7, 11) is 0. The minimum absolute atomic E-state index is 0.00249. The van der Waals surface area contributed by atoms with E-state index in [0.29, 0.717) is 29.2 Å². The lowest BCUT2D eigenvalue weighted by Crippen LogP contribution is -2.37. The molecule has 4 rings (SSSR count). The van der Waals surface area contributed by atoms with Gasteiger partial charge < -0.3 is 16.4 Å². The Labute approximate surface area is 143 Å². The molecule has 1 aromatic heterocycles. The standard InChI is InChI=1S/C17H18N4O2S/c1-9-6-17(15(18)23)7-13(17)21(9)14(22)11-5-3-2-4-10(11)12-8-24-16(19)20-12/h2-5,8-9,13H,6-7H2,1H3,(H2,18,23)(H2,19,20)/t9-,13-,17+/m0/s1. The Bertz CT molecular complexity index is 849. The topological polar surface area (TPSA) is 102 Å². The molecule has 2 aliphatic rings. The van der Waals surface area contributed by atoms with Gasteiger partial charge in [-0.25, -0.2) is 4.98 Å². The number of nitrogens with two attached hydrogens (primary N) is 2. The number of benzene rings is 1. The van der Waals surface area contributed by atoms with E-state index in [0.717, 1.165) is 5.56 Å². The molecule has 7 heteroatoms. The summed E-state index contributed by atoms with van der Waals surface area (Å²) in [6.45, 7) is 1.97. The van der Waals surface area contributed by atoms with Crippen LogP contribution in [0, 0.1) is 5.41 Å². The zero-order valence-corrected chi connectivity index (χ0v) is 14.0. The summed E-state index contributed by atoms with van der Waals surface area (Å²) in [5.74, 6) is -0.370. The Balaban J connectivity index is 1.71. The number of piperidine rings is 1. The lowest BCUT2D eigenvalue weighted by atomic mass is 10.00. The molecule has 4 N–H and O–H groups in total. The molecule has 1 saturated carbocycles. The molecule has 3 atom stereocenters. The van der Waals surface area contributed by atoms with Gasteiger partial charge in [0, 0.05) is 28.6 Å². The molecule has 6 nitrogen and oxygen atoms in total. The third-order valence-electron chi connectivity index (χ3n) is 5.19. The molecule has 24 heavy (non-hydrogen) atoms. The van der Waals surface area contributed by atoms with Crippen molar-refractivity contribution in [2.24, 2.45) is 11.1 Å². The number of nitrogens with zero attached hydrogens (tertiary/aromatic N) is 2. The third kappa shape index (κ3) is 2.04. The molecule has 2 fully saturated rings. The average molecular weight is 342 g/mol. The van der Waals surface area contributed by atoms with Gasteiger partial charge in [0.25, 0.3) is 5.91 Å². The summed E-state index contributed by atoms with van der Waals surface area (Å²) in [5.41, 5.74) is 12.8. The van der Waals surface area contributed by atoms with E-state index in [2.05, 4.69) is 4.98 Å². The first kappa shape index (κ1) is 15.1. The maximum Gasteiger partial charge on any atom is 0.255 e. The second-order valence-corrected chi connectivity index (χ2v) is 7.51. The van der Waals surface area contributed by atoms with Crippen LogP contribution < -0.4 is 11.5 Å². The van der Waals surface area contributed by atoms with Gasteiger partial charge >= 0.3 is 0 Å². The van der Waals surface area contributed by atoms with Crippen LogP contribution in [0.15, 0.2) is 29.6 Å². The van der Waals surface area contributed by atoms with E-state index in [1.807, 2.05) is 35.4 Å². The quantitative estimate of drug-likeness (QED) is 0.889. The van der Waals surface area contributed by atoms with E-state index in [1.165, 1.54) is 11.3 Å². The van der Waals surface area contributed by atoms with Crippen molar-refractivity contribution in [2.75, 3.05) is 5.73 Å². The summed E-state index contributed by atoms with van der Waals surface area (Å²) >= 11 is 1.35. The highest BCUT2D eigenvalue weighted by atomic mass is 32.1. The van der Waals surface area contributed by atoms with Gasteiger partial charge in [-0.05, 0) is 25.8 Å². The predicted molar refractivity (Wildman–Crippen MR) is 92.2 cm³/mol. The molecule has 0 bridgehead atoms. The summed E-state index contributed by atoms with van der Waals surface area (Å²) in [6.07, 6.45) is 1.31. The number of nitrogen functional groups attached to an aromatic ring is 1. The molecular formula is C17H18N4O2S. The fourth-order valence-electron chi connectivity index (χ4n) is 3.95. The number of likely N-dealkylation sites (tertiary alicyclic amines) is 1. The Morgan fingerprint density at radius 2 is 2.08 bits per heavy atom. The maximum atomic E-state index is 13.2. The SMILES string of the molecule is C[C@H]1C[C@@]2(C(N)=O)C[C@@H]2N1C(=O)c1ccccc1-c1csc(N)n1. The van der Waals surface area contributed by atoms with E-state index < -0.39 is 5.41 Å².